The summed E-state index contributed by atoms with van der Waals surface area (Å²) >= 11 is 0. The van der Waals surface area contributed by atoms with Gasteiger partial charge in [-0.25, -0.2) is 0 Å². The molecule has 1 fully saturated rings. The zero-order valence-electron chi connectivity index (χ0n) is 11.0. The molecule has 0 aromatic carbocycles. The molecule has 1 amide bonds. The van der Waals surface area contributed by atoms with Gasteiger partial charge in [-0.15, -0.1) is 12.3 Å². The Bertz CT molecular complexity index is 298. The van der Waals surface area contributed by atoms with Crippen molar-refractivity contribution in [3.8, 4) is 12.3 Å². The van der Waals surface area contributed by atoms with Gasteiger partial charge in [0.1, 0.15) is 0 Å². The predicted octanol–water partition coefficient (Wildman–Crippen LogP) is 2.28. The van der Waals surface area contributed by atoms with Crippen molar-refractivity contribution in [3.05, 3.63) is 12.2 Å². The van der Waals surface area contributed by atoms with Crippen LogP contribution in [0.1, 0.15) is 38.5 Å². The quantitative estimate of drug-likeness (QED) is 0.427. The Morgan fingerprint density at radius 3 is 2.89 bits per heavy atom. The van der Waals surface area contributed by atoms with Gasteiger partial charge >= 0.3 is 0 Å². The van der Waals surface area contributed by atoms with Gasteiger partial charge in [-0.3, -0.25) is 4.79 Å². The summed E-state index contributed by atoms with van der Waals surface area (Å²) in [6.45, 7) is 2.42. The lowest BCUT2D eigenvalue weighted by Crippen LogP contribution is -2.31. The van der Waals surface area contributed by atoms with Crippen LogP contribution in [0.25, 0.3) is 0 Å². The van der Waals surface area contributed by atoms with Crippen LogP contribution < -0.4 is 5.32 Å². The van der Waals surface area contributed by atoms with Crippen molar-refractivity contribution in [2.24, 2.45) is 5.92 Å². The SMILES string of the molecule is C#CCCCC/C=C/C(=O)NCC1CCOCC1. The lowest BCUT2D eigenvalue weighted by atomic mass is 10.0. The standard InChI is InChI=1S/C15H23NO2/c1-2-3-4-5-6-7-8-15(17)16-13-14-9-11-18-12-10-14/h1,7-8,14H,3-6,9-13H2,(H,16,17)/b8-7+. The van der Waals surface area contributed by atoms with Gasteiger partial charge in [0.25, 0.3) is 0 Å². The minimum atomic E-state index is 0.0124. The second-order valence-corrected chi connectivity index (χ2v) is 4.65. The fourth-order valence-corrected chi connectivity index (χ4v) is 1.93. The number of rotatable bonds is 7. The van der Waals surface area contributed by atoms with E-state index in [0.717, 1.165) is 58.3 Å². The van der Waals surface area contributed by atoms with Crippen LogP contribution in [0, 0.1) is 18.3 Å². The summed E-state index contributed by atoms with van der Waals surface area (Å²) in [4.78, 5) is 11.5. The molecule has 0 atom stereocenters. The average Bonchev–Trinajstić information content (AvgIpc) is 2.41. The van der Waals surface area contributed by atoms with Crippen LogP contribution in [0.15, 0.2) is 12.2 Å². The fraction of sp³-hybridized carbons (Fsp3) is 0.667. The van der Waals surface area contributed by atoms with E-state index in [-0.39, 0.29) is 5.91 Å². The summed E-state index contributed by atoms with van der Waals surface area (Å²) in [5, 5.41) is 2.94. The Morgan fingerprint density at radius 1 is 1.39 bits per heavy atom. The van der Waals surface area contributed by atoms with Crippen LogP contribution in [0.2, 0.25) is 0 Å². The number of carbonyl (C=O) groups excluding carboxylic acids is 1. The number of hydrogen-bond donors (Lipinski definition) is 1. The minimum Gasteiger partial charge on any atom is -0.381 e. The van der Waals surface area contributed by atoms with Crippen molar-refractivity contribution in [3.63, 3.8) is 0 Å². The van der Waals surface area contributed by atoms with Crippen molar-refractivity contribution in [2.75, 3.05) is 19.8 Å². The maximum Gasteiger partial charge on any atom is 0.243 e. The van der Waals surface area contributed by atoms with Crippen LogP contribution in [0.5, 0.6) is 0 Å². The van der Waals surface area contributed by atoms with Gasteiger partial charge in [0.2, 0.25) is 5.91 Å². The van der Waals surface area contributed by atoms with E-state index >= 15 is 0 Å². The van der Waals surface area contributed by atoms with E-state index in [1.165, 1.54) is 0 Å². The molecule has 0 aromatic heterocycles. The molecule has 0 aromatic rings. The van der Waals surface area contributed by atoms with Crippen LogP contribution in [0.4, 0.5) is 0 Å². The van der Waals surface area contributed by atoms with E-state index < -0.39 is 0 Å². The van der Waals surface area contributed by atoms with E-state index in [4.69, 9.17) is 11.2 Å². The highest BCUT2D eigenvalue weighted by Gasteiger charge is 2.13. The summed E-state index contributed by atoms with van der Waals surface area (Å²) in [6, 6.07) is 0. The number of amides is 1. The third-order valence-corrected chi connectivity index (χ3v) is 3.12. The first kappa shape index (κ1) is 14.8. The number of hydrogen-bond acceptors (Lipinski definition) is 2. The Balaban J connectivity index is 2.02. The molecule has 0 unspecified atom stereocenters. The van der Waals surface area contributed by atoms with Gasteiger partial charge in [-0.1, -0.05) is 6.08 Å². The van der Waals surface area contributed by atoms with Gasteiger partial charge in [0.15, 0.2) is 0 Å². The Labute approximate surface area is 110 Å². The number of nitrogens with one attached hydrogen (secondary N) is 1. The predicted molar refractivity (Wildman–Crippen MR) is 73.0 cm³/mol. The van der Waals surface area contributed by atoms with Gasteiger partial charge in [0, 0.05) is 26.2 Å². The van der Waals surface area contributed by atoms with Crippen LogP contribution in [-0.4, -0.2) is 25.7 Å². The second-order valence-electron chi connectivity index (χ2n) is 4.65. The number of ether oxygens (including phenoxy) is 1. The molecular weight excluding hydrogens is 226 g/mol. The molecule has 1 N–H and O–H groups in total. The molecule has 3 nitrogen and oxygen atoms in total. The summed E-state index contributed by atoms with van der Waals surface area (Å²) < 4.78 is 5.28. The third kappa shape index (κ3) is 7.13. The van der Waals surface area contributed by atoms with E-state index in [2.05, 4.69) is 11.2 Å². The minimum absolute atomic E-state index is 0.0124. The number of terminal acetylenes is 1. The summed E-state index contributed by atoms with van der Waals surface area (Å²) in [5.41, 5.74) is 0. The van der Waals surface area contributed by atoms with Crippen molar-refractivity contribution in [1.82, 2.24) is 5.32 Å². The smallest absolute Gasteiger partial charge is 0.243 e. The third-order valence-electron chi connectivity index (χ3n) is 3.12. The largest absolute Gasteiger partial charge is 0.381 e. The van der Waals surface area contributed by atoms with Gasteiger partial charge in [-0.05, 0) is 44.1 Å². The molecule has 3 heteroatoms. The fourth-order valence-electron chi connectivity index (χ4n) is 1.93. The van der Waals surface area contributed by atoms with Crippen LogP contribution in [0.3, 0.4) is 0 Å². The molecule has 18 heavy (non-hydrogen) atoms. The van der Waals surface area contributed by atoms with Gasteiger partial charge < -0.3 is 10.1 Å². The van der Waals surface area contributed by atoms with Crippen LogP contribution in [-0.2, 0) is 9.53 Å². The van der Waals surface area contributed by atoms with Gasteiger partial charge in [0.05, 0.1) is 0 Å². The highest BCUT2D eigenvalue weighted by molar-refractivity contribution is 5.87. The normalized spacial score (nSPS) is 16.6. The Kier molecular flexibility index (Phi) is 7.99. The number of allylic oxidation sites excluding steroid dienone is 1. The monoisotopic (exact) mass is 249 g/mol. The molecule has 1 rings (SSSR count). The highest BCUT2D eigenvalue weighted by atomic mass is 16.5. The zero-order valence-corrected chi connectivity index (χ0v) is 11.0. The molecule has 0 aliphatic carbocycles. The molecule has 1 aliphatic heterocycles. The van der Waals surface area contributed by atoms with Gasteiger partial charge in [-0.2, -0.15) is 0 Å². The molecule has 0 spiro atoms. The summed E-state index contributed by atoms with van der Waals surface area (Å²) in [6.07, 6.45) is 14.7. The lowest BCUT2D eigenvalue weighted by Gasteiger charge is -2.21. The highest BCUT2D eigenvalue weighted by Crippen LogP contribution is 2.12. The Hall–Kier alpha value is -1.27. The first-order chi connectivity index (χ1) is 8.83. The molecule has 100 valence electrons. The van der Waals surface area contributed by atoms with E-state index in [1.807, 2.05) is 6.08 Å². The molecule has 1 aliphatic rings. The zero-order chi connectivity index (χ0) is 13.1. The molecule has 1 heterocycles. The van der Waals surface area contributed by atoms with E-state index in [0.29, 0.717) is 5.92 Å². The maximum absolute atomic E-state index is 11.5. The molecule has 0 saturated carbocycles. The van der Waals surface area contributed by atoms with E-state index in [1.54, 1.807) is 6.08 Å². The summed E-state index contributed by atoms with van der Waals surface area (Å²) in [7, 11) is 0. The molecular formula is C15H23NO2. The lowest BCUT2D eigenvalue weighted by molar-refractivity contribution is -0.116. The molecule has 1 saturated heterocycles. The Morgan fingerprint density at radius 2 is 2.17 bits per heavy atom. The first-order valence-electron chi connectivity index (χ1n) is 6.78. The van der Waals surface area contributed by atoms with Crippen molar-refractivity contribution < 1.29 is 9.53 Å². The molecule has 0 bridgehead atoms. The summed E-state index contributed by atoms with van der Waals surface area (Å²) in [5.74, 6) is 3.20. The second kappa shape index (κ2) is 9.73. The maximum atomic E-state index is 11.5. The average molecular weight is 249 g/mol. The van der Waals surface area contributed by atoms with Crippen molar-refractivity contribution in [1.29, 1.82) is 0 Å². The van der Waals surface area contributed by atoms with Crippen LogP contribution >= 0.6 is 0 Å². The number of carbonyl (C=O) groups is 1. The van der Waals surface area contributed by atoms with E-state index in [9.17, 15) is 4.79 Å². The topological polar surface area (TPSA) is 38.3 Å². The van der Waals surface area contributed by atoms with Crippen molar-refractivity contribution in [2.45, 2.75) is 38.5 Å². The van der Waals surface area contributed by atoms with Crippen molar-refractivity contribution >= 4 is 5.91 Å². The first-order valence-corrected chi connectivity index (χ1v) is 6.78. The molecule has 0 radical (unpaired) electrons. The number of unbranched alkanes of at least 4 members (excludes halogenated alkanes) is 3.